The Balaban J connectivity index is 1.95. The van der Waals surface area contributed by atoms with Crippen molar-refractivity contribution in [3.8, 4) is 5.75 Å². The summed E-state index contributed by atoms with van der Waals surface area (Å²) in [6.07, 6.45) is 1.13. The van der Waals surface area contributed by atoms with Gasteiger partial charge in [-0.15, -0.1) is 11.3 Å². The zero-order valence-corrected chi connectivity index (χ0v) is 14.4. The van der Waals surface area contributed by atoms with Crippen LogP contribution in [0.15, 0.2) is 34.8 Å². The van der Waals surface area contributed by atoms with E-state index in [0.717, 1.165) is 38.9 Å². The van der Waals surface area contributed by atoms with Gasteiger partial charge in [-0.3, -0.25) is 0 Å². The van der Waals surface area contributed by atoms with Crippen molar-refractivity contribution in [1.29, 1.82) is 0 Å². The number of ether oxygens (including phenoxy) is 1. The maximum absolute atomic E-state index is 5.91. The summed E-state index contributed by atoms with van der Waals surface area (Å²) < 4.78 is 7.71. The molecule has 0 saturated heterocycles. The van der Waals surface area contributed by atoms with E-state index in [4.69, 9.17) is 16.3 Å². The molecule has 2 aromatic rings. The molecule has 0 aliphatic carbocycles. The van der Waals surface area contributed by atoms with Crippen molar-refractivity contribution in [2.24, 2.45) is 0 Å². The highest BCUT2D eigenvalue weighted by atomic mass is 79.9. The lowest BCUT2D eigenvalue weighted by molar-refractivity contribution is 0.309. The summed E-state index contributed by atoms with van der Waals surface area (Å²) in [5.41, 5.74) is 1.21. The quantitative estimate of drug-likeness (QED) is 0.669. The number of halogens is 2. The minimum Gasteiger partial charge on any atom is -0.488 e. The van der Waals surface area contributed by atoms with Crippen LogP contribution in [0.1, 0.15) is 23.8 Å². The van der Waals surface area contributed by atoms with Crippen LogP contribution in [-0.4, -0.2) is 6.54 Å². The van der Waals surface area contributed by atoms with Crippen molar-refractivity contribution in [3.63, 3.8) is 0 Å². The first kappa shape index (κ1) is 15.8. The normalized spacial score (nSPS) is 10.8. The first-order valence-corrected chi connectivity index (χ1v) is 8.54. The number of nitrogens with one attached hydrogen (secondary N) is 1. The van der Waals surface area contributed by atoms with E-state index in [1.54, 1.807) is 11.3 Å². The fourth-order valence-corrected chi connectivity index (χ4v) is 3.15. The van der Waals surface area contributed by atoms with Gasteiger partial charge in [0.15, 0.2) is 0 Å². The first-order valence-electron chi connectivity index (χ1n) is 6.55. The van der Waals surface area contributed by atoms with Crippen molar-refractivity contribution in [1.82, 2.24) is 5.32 Å². The molecule has 1 heterocycles. The van der Waals surface area contributed by atoms with Gasteiger partial charge in [-0.05, 0) is 48.9 Å². The van der Waals surface area contributed by atoms with E-state index in [0.29, 0.717) is 6.61 Å². The molecule has 0 radical (unpaired) electrons. The van der Waals surface area contributed by atoms with Gasteiger partial charge in [0.1, 0.15) is 12.4 Å². The highest BCUT2D eigenvalue weighted by molar-refractivity contribution is 9.10. The van der Waals surface area contributed by atoms with Crippen molar-refractivity contribution < 1.29 is 4.74 Å². The molecular weight excluding hydrogens is 358 g/mol. The number of rotatable bonds is 7. The molecule has 0 bridgehead atoms. The molecule has 1 aromatic heterocycles. The monoisotopic (exact) mass is 373 g/mol. The highest BCUT2D eigenvalue weighted by Gasteiger charge is 2.04. The van der Waals surface area contributed by atoms with Crippen molar-refractivity contribution in [2.45, 2.75) is 26.5 Å². The van der Waals surface area contributed by atoms with Gasteiger partial charge in [0, 0.05) is 15.9 Å². The molecule has 0 fully saturated rings. The molecule has 2 nitrogen and oxygen atoms in total. The molecule has 5 heteroatoms. The Morgan fingerprint density at radius 3 is 2.85 bits per heavy atom. The molecule has 0 saturated carbocycles. The Morgan fingerprint density at radius 2 is 2.15 bits per heavy atom. The van der Waals surface area contributed by atoms with Crippen LogP contribution in [0.25, 0.3) is 0 Å². The van der Waals surface area contributed by atoms with E-state index in [-0.39, 0.29) is 0 Å². The summed E-state index contributed by atoms with van der Waals surface area (Å²) >= 11 is 11.0. The Hall–Kier alpha value is -0.550. The largest absolute Gasteiger partial charge is 0.488 e. The standard InChI is InChI=1S/C15H17BrClNOS/c1-2-7-18-9-11-8-12(3-5-14(11)16)19-10-13-4-6-15(17)20-13/h3-6,8,18H,2,7,9-10H2,1H3. The van der Waals surface area contributed by atoms with E-state index in [9.17, 15) is 0 Å². The van der Waals surface area contributed by atoms with Gasteiger partial charge in [0.2, 0.25) is 0 Å². The van der Waals surface area contributed by atoms with E-state index < -0.39 is 0 Å². The smallest absolute Gasteiger partial charge is 0.122 e. The third-order valence-corrected chi connectivity index (χ3v) is 4.75. The third-order valence-electron chi connectivity index (χ3n) is 2.77. The molecule has 2 rings (SSSR count). The van der Waals surface area contributed by atoms with Crippen LogP contribution in [0.2, 0.25) is 4.34 Å². The molecular formula is C15H17BrClNOS. The van der Waals surface area contributed by atoms with Gasteiger partial charge < -0.3 is 10.1 Å². The molecule has 0 aliphatic rings. The summed E-state index contributed by atoms with van der Waals surface area (Å²) in [6, 6.07) is 9.96. The van der Waals surface area contributed by atoms with Crippen LogP contribution in [-0.2, 0) is 13.2 Å². The molecule has 108 valence electrons. The maximum atomic E-state index is 5.91. The Morgan fingerprint density at radius 1 is 1.30 bits per heavy atom. The molecule has 0 amide bonds. The van der Waals surface area contributed by atoms with Gasteiger partial charge in [-0.1, -0.05) is 34.5 Å². The molecule has 1 N–H and O–H groups in total. The van der Waals surface area contributed by atoms with E-state index >= 15 is 0 Å². The van der Waals surface area contributed by atoms with Crippen LogP contribution in [0.4, 0.5) is 0 Å². The molecule has 0 spiro atoms. The lowest BCUT2D eigenvalue weighted by atomic mass is 10.2. The van der Waals surface area contributed by atoms with Gasteiger partial charge >= 0.3 is 0 Å². The van der Waals surface area contributed by atoms with Gasteiger partial charge in [-0.25, -0.2) is 0 Å². The lowest BCUT2D eigenvalue weighted by Gasteiger charge is -2.10. The Bertz CT molecular complexity index is 559. The second kappa shape index (κ2) is 8.03. The van der Waals surface area contributed by atoms with Crippen LogP contribution < -0.4 is 10.1 Å². The molecule has 0 atom stereocenters. The molecule has 0 unspecified atom stereocenters. The summed E-state index contributed by atoms with van der Waals surface area (Å²) in [7, 11) is 0. The van der Waals surface area contributed by atoms with Crippen LogP contribution in [0.3, 0.4) is 0 Å². The maximum Gasteiger partial charge on any atom is 0.122 e. The minimum atomic E-state index is 0.556. The zero-order valence-electron chi connectivity index (χ0n) is 11.3. The Kier molecular flexibility index (Phi) is 6.36. The van der Waals surface area contributed by atoms with Crippen LogP contribution >= 0.6 is 38.9 Å². The number of hydrogen-bond acceptors (Lipinski definition) is 3. The van der Waals surface area contributed by atoms with Crippen molar-refractivity contribution in [2.75, 3.05) is 6.54 Å². The minimum absolute atomic E-state index is 0.556. The van der Waals surface area contributed by atoms with E-state index in [2.05, 4.69) is 34.2 Å². The highest BCUT2D eigenvalue weighted by Crippen LogP contribution is 2.25. The summed E-state index contributed by atoms with van der Waals surface area (Å²) in [4.78, 5) is 1.13. The van der Waals surface area contributed by atoms with Crippen LogP contribution in [0, 0.1) is 0 Å². The van der Waals surface area contributed by atoms with E-state index in [1.807, 2.05) is 24.3 Å². The van der Waals surface area contributed by atoms with E-state index in [1.165, 1.54) is 5.56 Å². The second-order valence-electron chi connectivity index (χ2n) is 4.42. The van der Waals surface area contributed by atoms with Gasteiger partial charge in [0.25, 0.3) is 0 Å². The topological polar surface area (TPSA) is 21.3 Å². The molecule has 0 aliphatic heterocycles. The first-order chi connectivity index (χ1) is 9.69. The third kappa shape index (κ3) is 4.77. The fraction of sp³-hybridized carbons (Fsp3) is 0.333. The summed E-state index contributed by atoms with van der Waals surface area (Å²) in [5.74, 6) is 0.881. The number of benzene rings is 1. The van der Waals surface area contributed by atoms with Crippen LogP contribution in [0.5, 0.6) is 5.75 Å². The average Bonchev–Trinajstić information content (AvgIpc) is 2.85. The average molecular weight is 375 g/mol. The lowest BCUT2D eigenvalue weighted by Crippen LogP contribution is -2.14. The second-order valence-corrected chi connectivity index (χ2v) is 7.08. The summed E-state index contributed by atoms with van der Waals surface area (Å²) in [5, 5.41) is 3.40. The predicted octanol–water partition coefficient (Wildman–Crippen LogP) is 5.24. The zero-order chi connectivity index (χ0) is 14.4. The van der Waals surface area contributed by atoms with Crippen molar-refractivity contribution >= 4 is 38.9 Å². The number of hydrogen-bond donors (Lipinski definition) is 1. The Labute approximate surface area is 137 Å². The molecule has 20 heavy (non-hydrogen) atoms. The SMILES string of the molecule is CCCNCc1cc(OCc2ccc(Cl)s2)ccc1Br. The number of thiophene rings is 1. The van der Waals surface area contributed by atoms with Crippen molar-refractivity contribution in [3.05, 3.63) is 49.6 Å². The van der Waals surface area contributed by atoms with Gasteiger partial charge in [0.05, 0.1) is 4.34 Å². The van der Waals surface area contributed by atoms with Gasteiger partial charge in [-0.2, -0.15) is 0 Å². The predicted molar refractivity (Wildman–Crippen MR) is 89.8 cm³/mol. The molecule has 1 aromatic carbocycles. The summed E-state index contributed by atoms with van der Waals surface area (Å²) in [6.45, 7) is 4.58. The fourth-order valence-electron chi connectivity index (χ4n) is 1.76.